The van der Waals surface area contributed by atoms with Crippen LogP contribution in [0.25, 0.3) is 0 Å². The average molecular weight is 282 g/mol. The Bertz CT molecular complexity index is 577. The van der Waals surface area contributed by atoms with Gasteiger partial charge in [-0.2, -0.15) is 0 Å². The van der Waals surface area contributed by atoms with Crippen molar-refractivity contribution in [1.29, 1.82) is 0 Å². The molecule has 19 heavy (non-hydrogen) atoms. The Labute approximate surface area is 113 Å². The molecule has 2 unspecified atom stereocenters. The lowest BCUT2D eigenvalue weighted by atomic mass is 9.95. The van der Waals surface area contributed by atoms with E-state index in [9.17, 15) is 18.3 Å². The normalized spacial score (nSPS) is 26.4. The Hall–Kier alpha value is -1.36. The van der Waals surface area contributed by atoms with E-state index in [1.165, 1.54) is 0 Å². The standard InChI is InChI=1S/C14H18O4S/c1-10(2)19(17,18)9-14(8-12(14)13(15)16)11-6-4-3-5-7-11/h3-7,10,12H,8-9H2,1-2H3,(H,15,16). The van der Waals surface area contributed by atoms with Gasteiger partial charge in [0.15, 0.2) is 9.84 Å². The molecule has 1 aliphatic carbocycles. The number of carboxylic acids is 1. The second-order valence-electron chi connectivity index (χ2n) is 5.47. The van der Waals surface area contributed by atoms with Gasteiger partial charge in [-0.3, -0.25) is 4.79 Å². The number of carboxylic acid groups (broad SMARTS) is 1. The van der Waals surface area contributed by atoms with Gasteiger partial charge in [0.25, 0.3) is 0 Å². The molecule has 1 N–H and O–H groups in total. The Morgan fingerprint density at radius 1 is 1.37 bits per heavy atom. The maximum absolute atomic E-state index is 12.1. The molecule has 0 aliphatic heterocycles. The predicted octanol–water partition coefficient (Wildman–Crippen LogP) is 1.85. The number of carbonyl (C=O) groups is 1. The first-order valence-electron chi connectivity index (χ1n) is 6.29. The highest BCUT2D eigenvalue weighted by Crippen LogP contribution is 2.55. The quantitative estimate of drug-likeness (QED) is 0.894. The van der Waals surface area contributed by atoms with Crippen molar-refractivity contribution in [2.45, 2.75) is 30.9 Å². The Kier molecular flexibility index (Phi) is 3.43. The van der Waals surface area contributed by atoms with Gasteiger partial charge in [-0.1, -0.05) is 30.3 Å². The van der Waals surface area contributed by atoms with Crippen LogP contribution in [0.15, 0.2) is 30.3 Å². The molecule has 1 aliphatic rings. The predicted molar refractivity (Wildman–Crippen MR) is 72.8 cm³/mol. The second kappa shape index (κ2) is 4.63. The van der Waals surface area contributed by atoms with Gasteiger partial charge in [-0.15, -0.1) is 0 Å². The number of aliphatic carboxylic acids is 1. The highest BCUT2D eigenvalue weighted by Gasteiger charge is 2.61. The van der Waals surface area contributed by atoms with Gasteiger partial charge >= 0.3 is 5.97 Å². The van der Waals surface area contributed by atoms with Crippen LogP contribution in [-0.4, -0.2) is 30.5 Å². The van der Waals surface area contributed by atoms with E-state index in [0.717, 1.165) is 5.56 Å². The fraction of sp³-hybridized carbons (Fsp3) is 0.500. The molecule has 0 spiro atoms. The van der Waals surface area contributed by atoms with Crippen LogP contribution in [0, 0.1) is 5.92 Å². The van der Waals surface area contributed by atoms with Crippen LogP contribution in [0.1, 0.15) is 25.8 Å². The van der Waals surface area contributed by atoms with Gasteiger partial charge in [0, 0.05) is 5.41 Å². The molecule has 1 fully saturated rings. The lowest BCUT2D eigenvalue weighted by molar-refractivity contribution is -0.138. The summed E-state index contributed by atoms with van der Waals surface area (Å²) in [7, 11) is -3.27. The monoisotopic (exact) mass is 282 g/mol. The largest absolute Gasteiger partial charge is 0.481 e. The molecular formula is C14H18O4S. The van der Waals surface area contributed by atoms with Crippen molar-refractivity contribution in [2.24, 2.45) is 5.92 Å². The molecule has 0 aromatic heterocycles. The van der Waals surface area contributed by atoms with E-state index in [-0.39, 0.29) is 5.75 Å². The molecule has 0 bridgehead atoms. The van der Waals surface area contributed by atoms with Gasteiger partial charge < -0.3 is 5.11 Å². The number of hydrogen-bond donors (Lipinski definition) is 1. The van der Waals surface area contributed by atoms with Crippen molar-refractivity contribution in [2.75, 3.05) is 5.75 Å². The van der Waals surface area contributed by atoms with Gasteiger partial charge in [0.05, 0.1) is 16.9 Å². The minimum atomic E-state index is -3.27. The molecular weight excluding hydrogens is 264 g/mol. The lowest BCUT2D eigenvalue weighted by Gasteiger charge is -2.19. The summed E-state index contributed by atoms with van der Waals surface area (Å²) in [6.07, 6.45) is 0.401. The fourth-order valence-electron chi connectivity index (χ4n) is 2.49. The van der Waals surface area contributed by atoms with Gasteiger partial charge in [0.1, 0.15) is 0 Å². The second-order valence-corrected chi connectivity index (χ2v) is 8.03. The maximum Gasteiger partial charge on any atom is 0.307 e. The molecule has 0 heterocycles. The van der Waals surface area contributed by atoms with Crippen molar-refractivity contribution in [3.63, 3.8) is 0 Å². The molecule has 0 saturated heterocycles. The van der Waals surface area contributed by atoms with Crippen molar-refractivity contribution in [3.8, 4) is 0 Å². The molecule has 2 rings (SSSR count). The summed E-state index contributed by atoms with van der Waals surface area (Å²) in [4.78, 5) is 11.2. The number of rotatable bonds is 5. The first-order chi connectivity index (χ1) is 8.79. The Balaban J connectivity index is 2.38. The molecule has 5 heteroatoms. The van der Waals surface area contributed by atoms with E-state index in [1.54, 1.807) is 13.8 Å². The van der Waals surface area contributed by atoms with E-state index in [1.807, 2.05) is 30.3 Å². The van der Waals surface area contributed by atoms with Crippen molar-refractivity contribution in [3.05, 3.63) is 35.9 Å². The number of hydrogen-bond acceptors (Lipinski definition) is 3. The maximum atomic E-state index is 12.1. The summed E-state index contributed by atoms with van der Waals surface area (Å²) in [6, 6.07) is 9.11. The smallest absolute Gasteiger partial charge is 0.307 e. The zero-order chi connectivity index (χ0) is 14.3. The number of sulfone groups is 1. The molecule has 1 aromatic rings. The van der Waals surface area contributed by atoms with E-state index >= 15 is 0 Å². The van der Waals surface area contributed by atoms with Crippen LogP contribution in [0.2, 0.25) is 0 Å². The zero-order valence-corrected chi connectivity index (χ0v) is 11.9. The molecule has 0 amide bonds. The minimum absolute atomic E-state index is 0.0847. The molecule has 1 aromatic carbocycles. The van der Waals surface area contributed by atoms with E-state index in [4.69, 9.17) is 0 Å². The van der Waals surface area contributed by atoms with E-state index in [0.29, 0.717) is 6.42 Å². The van der Waals surface area contributed by atoms with Crippen LogP contribution in [0.4, 0.5) is 0 Å². The third-order valence-electron chi connectivity index (χ3n) is 3.90. The summed E-state index contributed by atoms with van der Waals surface area (Å²) >= 11 is 0. The lowest BCUT2D eigenvalue weighted by Crippen LogP contribution is -2.29. The van der Waals surface area contributed by atoms with Crippen LogP contribution in [0.5, 0.6) is 0 Å². The topological polar surface area (TPSA) is 71.4 Å². The third-order valence-corrected chi connectivity index (χ3v) is 6.25. The Morgan fingerprint density at radius 2 is 1.95 bits per heavy atom. The van der Waals surface area contributed by atoms with E-state index < -0.39 is 32.4 Å². The first kappa shape index (κ1) is 14.1. The summed E-state index contributed by atoms with van der Waals surface area (Å²) < 4.78 is 24.3. The zero-order valence-electron chi connectivity index (χ0n) is 11.0. The molecule has 4 nitrogen and oxygen atoms in total. The third kappa shape index (κ3) is 2.52. The number of benzene rings is 1. The van der Waals surface area contributed by atoms with Gasteiger partial charge in [-0.05, 0) is 25.8 Å². The van der Waals surface area contributed by atoms with Crippen LogP contribution in [0.3, 0.4) is 0 Å². The molecule has 2 atom stereocenters. The minimum Gasteiger partial charge on any atom is -0.481 e. The molecule has 104 valence electrons. The van der Waals surface area contributed by atoms with Crippen LogP contribution in [-0.2, 0) is 20.0 Å². The highest BCUT2D eigenvalue weighted by molar-refractivity contribution is 7.92. The van der Waals surface area contributed by atoms with Gasteiger partial charge in [-0.25, -0.2) is 8.42 Å². The summed E-state index contributed by atoms with van der Waals surface area (Å²) in [5, 5.41) is 8.71. The van der Waals surface area contributed by atoms with Crippen LogP contribution >= 0.6 is 0 Å². The first-order valence-corrected chi connectivity index (χ1v) is 8.01. The van der Waals surface area contributed by atoms with Gasteiger partial charge in [0.2, 0.25) is 0 Å². The van der Waals surface area contributed by atoms with Crippen LogP contribution < -0.4 is 0 Å². The summed E-state index contributed by atoms with van der Waals surface area (Å²) in [5.41, 5.74) is 0.0718. The van der Waals surface area contributed by atoms with Crippen molar-refractivity contribution < 1.29 is 18.3 Å². The van der Waals surface area contributed by atoms with E-state index in [2.05, 4.69) is 0 Å². The molecule has 1 saturated carbocycles. The summed E-state index contributed by atoms with van der Waals surface area (Å²) in [5.74, 6) is -1.59. The van der Waals surface area contributed by atoms with Crippen molar-refractivity contribution >= 4 is 15.8 Å². The summed E-state index contributed by atoms with van der Waals surface area (Å²) in [6.45, 7) is 3.26. The SMILES string of the molecule is CC(C)S(=O)(=O)CC1(c2ccccc2)CC1C(=O)O. The van der Waals surface area contributed by atoms with Crippen molar-refractivity contribution in [1.82, 2.24) is 0 Å². The average Bonchev–Trinajstić information content (AvgIpc) is 3.05. The molecule has 0 radical (unpaired) electrons. The highest BCUT2D eigenvalue weighted by atomic mass is 32.2. The fourth-order valence-corrected chi connectivity index (χ4v) is 4.02. The Morgan fingerprint density at radius 3 is 2.37 bits per heavy atom.